The van der Waals surface area contributed by atoms with E-state index in [0.717, 1.165) is 28.7 Å². The summed E-state index contributed by atoms with van der Waals surface area (Å²) in [6.45, 7) is 0. The number of carbonyl (C=O) groups excluding carboxylic acids is 1. The third-order valence-electron chi connectivity index (χ3n) is 3.82. The molecule has 1 amide bonds. The first-order chi connectivity index (χ1) is 10.7. The molecule has 1 aliphatic rings. The number of amides is 1. The van der Waals surface area contributed by atoms with Crippen molar-refractivity contribution in [3.8, 4) is 0 Å². The molecule has 0 saturated heterocycles. The van der Waals surface area contributed by atoms with E-state index in [1.54, 1.807) is 12.3 Å². The number of rotatable bonds is 4. The number of hydrogen-bond acceptors (Lipinski definition) is 3. The van der Waals surface area contributed by atoms with Crippen LogP contribution >= 0.6 is 15.9 Å². The van der Waals surface area contributed by atoms with Gasteiger partial charge >= 0.3 is 0 Å². The van der Waals surface area contributed by atoms with Crippen molar-refractivity contribution < 1.29 is 4.79 Å². The van der Waals surface area contributed by atoms with Gasteiger partial charge in [0.05, 0.1) is 0 Å². The van der Waals surface area contributed by atoms with Gasteiger partial charge in [-0.1, -0.05) is 28.8 Å². The van der Waals surface area contributed by atoms with Crippen LogP contribution in [0, 0.1) is 0 Å². The van der Waals surface area contributed by atoms with Crippen LogP contribution in [0.4, 0.5) is 11.4 Å². The standard InChI is InChI=1S/C17H18BrN3O/c18-12-5-7-14(8-6-12)20-15-9-10-19-16(11-15)17(22)21-13-3-1-2-4-13/h5-11,13H,1-4H2,(H,19,20)(H,21,22). The van der Waals surface area contributed by atoms with Crippen LogP contribution in [-0.4, -0.2) is 16.9 Å². The van der Waals surface area contributed by atoms with Crippen LogP contribution in [0.2, 0.25) is 0 Å². The van der Waals surface area contributed by atoms with E-state index in [1.165, 1.54) is 12.8 Å². The van der Waals surface area contributed by atoms with Crippen LogP contribution in [-0.2, 0) is 0 Å². The molecule has 22 heavy (non-hydrogen) atoms. The van der Waals surface area contributed by atoms with Crippen LogP contribution in [0.5, 0.6) is 0 Å². The molecular formula is C17H18BrN3O. The van der Waals surface area contributed by atoms with E-state index in [1.807, 2.05) is 30.3 Å². The van der Waals surface area contributed by atoms with Gasteiger partial charge in [0.2, 0.25) is 0 Å². The molecule has 4 nitrogen and oxygen atoms in total. The lowest BCUT2D eigenvalue weighted by molar-refractivity contribution is 0.0933. The predicted octanol–water partition coefficient (Wildman–Crippen LogP) is 4.26. The van der Waals surface area contributed by atoms with Crippen molar-refractivity contribution in [1.82, 2.24) is 10.3 Å². The molecule has 3 rings (SSSR count). The number of aromatic nitrogens is 1. The Kier molecular flexibility index (Phi) is 4.73. The smallest absolute Gasteiger partial charge is 0.270 e. The molecule has 0 aliphatic heterocycles. The van der Waals surface area contributed by atoms with Crippen molar-refractivity contribution in [2.45, 2.75) is 31.7 Å². The Morgan fingerprint density at radius 2 is 1.82 bits per heavy atom. The molecule has 1 aromatic heterocycles. The fraction of sp³-hybridized carbons (Fsp3) is 0.294. The predicted molar refractivity (Wildman–Crippen MR) is 91.4 cm³/mol. The number of hydrogen-bond donors (Lipinski definition) is 2. The molecule has 0 bridgehead atoms. The topological polar surface area (TPSA) is 54.0 Å². The SMILES string of the molecule is O=C(NC1CCCC1)c1cc(Nc2ccc(Br)cc2)ccn1. The lowest BCUT2D eigenvalue weighted by Crippen LogP contribution is -2.33. The highest BCUT2D eigenvalue weighted by Crippen LogP contribution is 2.20. The second-order valence-corrected chi connectivity index (χ2v) is 6.43. The average Bonchev–Trinajstić information content (AvgIpc) is 3.03. The van der Waals surface area contributed by atoms with Crippen molar-refractivity contribution in [2.75, 3.05) is 5.32 Å². The molecule has 1 aromatic carbocycles. The third kappa shape index (κ3) is 3.85. The van der Waals surface area contributed by atoms with E-state index < -0.39 is 0 Å². The number of benzene rings is 1. The lowest BCUT2D eigenvalue weighted by Gasteiger charge is -2.12. The number of halogens is 1. The molecule has 1 heterocycles. The molecule has 2 aromatic rings. The van der Waals surface area contributed by atoms with E-state index >= 15 is 0 Å². The van der Waals surface area contributed by atoms with Gasteiger partial charge in [-0.3, -0.25) is 9.78 Å². The molecule has 5 heteroatoms. The summed E-state index contributed by atoms with van der Waals surface area (Å²) in [7, 11) is 0. The molecule has 0 spiro atoms. The molecule has 0 radical (unpaired) electrons. The minimum Gasteiger partial charge on any atom is -0.355 e. The first-order valence-corrected chi connectivity index (χ1v) is 8.29. The number of nitrogens with one attached hydrogen (secondary N) is 2. The maximum atomic E-state index is 12.2. The second kappa shape index (κ2) is 6.92. The van der Waals surface area contributed by atoms with Gasteiger partial charge in [-0.05, 0) is 49.2 Å². The van der Waals surface area contributed by atoms with Gasteiger partial charge in [0.1, 0.15) is 5.69 Å². The van der Waals surface area contributed by atoms with Gasteiger partial charge in [-0.15, -0.1) is 0 Å². The van der Waals surface area contributed by atoms with Gasteiger partial charge in [-0.25, -0.2) is 0 Å². The lowest BCUT2D eigenvalue weighted by atomic mass is 10.2. The third-order valence-corrected chi connectivity index (χ3v) is 4.34. The van der Waals surface area contributed by atoms with Crippen molar-refractivity contribution in [3.63, 3.8) is 0 Å². The number of pyridine rings is 1. The Bertz CT molecular complexity index is 651. The molecule has 2 N–H and O–H groups in total. The summed E-state index contributed by atoms with van der Waals surface area (Å²) in [4.78, 5) is 16.4. The van der Waals surface area contributed by atoms with E-state index in [0.29, 0.717) is 11.7 Å². The maximum absolute atomic E-state index is 12.2. The Labute approximate surface area is 138 Å². The fourth-order valence-corrected chi connectivity index (χ4v) is 2.93. The highest BCUT2D eigenvalue weighted by atomic mass is 79.9. The number of carbonyl (C=O) groups is 1. The molecule has 1 aliphatic carbocycles. The zero-order valence-corrected chi connectivity index (χ0v) is 13.8. The van der Waals surface area contributed by atoms with Gasteiger partial charge in [-0.2, -0.15) is 0 Å². The fourth-order valence-electron chi connectivity index (χ4n) is 2.66. The van der Waals surface area contributed by atoms with Crippen molar-refractivity contribution in [1.29, 1.82) is 0 Å². The summed E-state index contributed by atoms with van der Waals surface area (Å²) in [5, 5.41) is 6.34. The highest BCUT2D eigenvalue weighted by Gasteiger charge is 2.18. The van der Waals surface area contributed by atoms with Crippen molar-refractivity contribution in [3.05, 3.63) is 52.8 Å². The van der Waals surface area contributed by atoms with E-state index in [-0.39, 0.29) is 5.91 Å². The van der Waals surface area contributed by atoms with Crippen LogP contribution < -0.4 is 10.6 Å². The Balaban J connectivity index is 1.68. The Morgan fingerprint density at radius 1 is 1.09 bits per heavy atom. The van der Waals surface area contributed by atoms with Gasteiger partial charge < -0.3 is 10.6 Å². The van der Waals surface area contributed by atoms with Gasteiger partial charge in [0, 0.05) is 28.1 Å². The first-order valence-electron chi connectivity index (χ1n) is 7.50. The minimum atomic E-state index is -0.0913. The Hall–Kier alpha value is -1.88. The highest BCUT2D eigenvalue weighted by molar-refractivity contribution is 9.10. The summed E-state index contributed by atoms with van der Waals surface area (Å²) in [5.74, 6) is -0.0913. The van der Waals surface area contributed by atoms with E-state index in [9.17, 15) is 4.79 Å². The molecule has 1 saturated carbocycles. The summed E-state index contributed by atoms with van der Waals surface area (Å²) in [6.07, 6.45) is 6.20. The van der Waals surface area contributed by atoms with Crippen molar-refractivity contribution >= 4 is 33.2 Å². The van der Waals surface area contributed by atoms with E-state index in [2.05, 4.69) is 31.5 Å². The van der Waals surface area contributed by atoms with Crippen LogP contribution in [0.15, 0.2) is 47.1 Å². The molecule has 1 fully saturated rings. The molecule has 114 valence electrons. The number of nitrogens with zero attached hydrogens (tertiary/aromatic N) is 1. The summed E-state index contributed by atoms with van der Waals surface area (Å²) >= 11 is 3.41. The van der Waals surface area contributed by atoms with Crippen LogP contribution in [0.25, 0.3) is 0 Å². The summed E-state index contributed by atoms with van der Waals surface area (Å²) in [5.41, 5.74) is 2.28. The summed E-state index contributed by atoms with van der Waals surface area (Å²) < 4.78 is 1.03. The molecule has 0 unspecified atom stereocenters. The maximum Gasteiger partial charge on any atom is 0.270 e. The van der Waals surface area contributed by atoms with Crippen molar-refractivity contribution in [2.24, 2.45) is 0 Å². The monoisotopic (exact) mass is 359 g/mol. The number of anilines is 2. The van der Waals surface area contributed by atoms with Crippen LogP contribution in [0.1, 0.15) is 36.2 Å². The average molecular weight is 360 g/mol. The second-order valence-electron chi connectivity index (χ2n) is 5.52. The Morgan fingerprint density at radius 3 is 2.55 bits per heavy atom. The normalized spacial score (nSPS) is 14.8. The van der Waals surface area contributed by atoms with Crippen LogP contribution in [0.3, 0.4) is 0 Å². The molecular weight excluding hydrogens is 342 g/mol. The zero-order chi connectivity index (χ0) is 15.4. The zero-order valence-electron chi connectivity index (χ0n) is 12.2. The quantitative estimate of drug-likeness (QED) is 0.857. The van der Waals surface area contributed by atoms with Gasteiger partial charge in [0.15, 0.2) is 0 Å². The van der Waals surface area contributed by atoms with E-state index in [4.69, 9.17) is 0 Å². The summed E-state index contributed by atoms with van der Waals surface area (Å²) in [6, 6.07) is 11.8. The minimum absolute atomic E-state index is 0.0913. The first kappa shape index (κ1) is 15.0. The van der Waals surface area contributed by atoms with Gasteiger partial charge in [0.25, 0.3) is 5.91 Å². The largest absolute Gasteiger partial charge is 0.355 e. The molecule has 0 atom stereocenters.